The van der Waals surface area contributed by atoms with E-state index in [-0.39, 0.29) is 11.9 Å². The lowest BCUT2D eigenvalue weighted by Crippen LogP contribution is -2.55. The first kappa shape index (κ1) is 19.3. The van der Waals surface area contributed by atoms with Gasteiger partial charge in [-0.05, 0) is 35.1 Å². The summed E-state index contributed by atoms with van der Waals surface area (Å²) < 4.78 is 0. The molecular formula is C21H27ClN2O. The van der Waals surface area contributed by atoms with E-state index >= 15 is 0 Å². The Morgan fingerprint density at radius 3 is 2.00 bits per heavy atom. The van der Waals surface area contributed by atoms with Crippen molar-refractivity contribution in [3.8, 4) is 0 Å². The zero-order chi connectivity index (χ0) is 18.6. The molecular weight excluding hydrogens is 332 g/mol. The van der Waals surface area contributed by atoms with Gasteiger partial charge in [0.25, 0.3) is 0 Å². The van der Waals surface area contributed by atoms with Gasteiger partial charge in [0.15, 0.2) is 0 Å². The van der Waals surface area contributed by atoms with E-state index in [0.717, 1.165) is 11.1 Å². The number of rotatable bonds is 5. The van der Waals surface area contributed by atoms with Gasteiger partial charge < -0.3 is 10.2 Å². The molecule has 0 heterocycles. The van der Waals surface area contributed by atoms with Crippen molar-refractivity contribution >= 4 is 17.6 Å². The molecule has 0 radical (unpaired) electrons. The van der Waals surface area contributed by atoms with Gasteiger partial charge in [-0.1, -0.05) is 74.8 Å². The molecule has 2 amide bonds. The predicted molar refractivity (Wildman–Crippen MR) is 105 cm³/mol. The van der Waals surface area contributed by atoms with Gasteiger partial charge in [-0.2, -0.15) is 0 Å². The average Bonchev–Trinajstić information content (AvgIpc) is 2.63. The van der Waals surface area contributed by atoms with E-state index in [1.165, 1.54) is 0 Å². The van der Waals surface area contributed by atoms with Gasteiger partial charge in [0.1, 0.15) is 0 Å². The first-order valence-electron chi connectivity index (χ1n) is 8.62. The van der Waals surface area contributed by atoms with E-state index in [4.69, 9.17) is 11.6 Å². The highest BCUT2D eigenvalue weighted by atomic mass is 35.5. The number of halogens is 1. The Morgan fingerprint density at radius 1 is 1.00 bits per heavy atom. The van der Waals surface area contributed by atoms with E-state index in [1.54, 1.807) is 7.05 Å². The third kappa shape index (κ3) is 3.52. The maximum atomic E-state index is 12.7. The van der Waals surface area contributed by atoms with E-state index in [0.29, 0.717) is 10.9 Å². The molecule has 0 aromatic heterocycles. The fourth-order valence-corrected chi connectivity index (χ4v) is 3.72. The summed E-state index contributed by atoms with van der Waals surface area (Å²) in [6.07, 6.45) is 0. The number of hydrogen-bond donors (Lipinski definition) is 1. The Kier molecular flexibility index (Phi) is 6.12. The van der Waals surface area contributed by atoms with Crippen molar-refractivity contribution in [3.05, 3.63) is 70.7 Å². The lowest BCUT2D eigenvalue weighted by atomic mass is 9.68. The predicted octanol–water partition coefficient (Wildman–Crippen LogP) is 5.15. The Balaban J connectivity index is 2.82. The van der Waals surface area contributed by atoms with Crippen LogP contribution in [0.1, 0.15) is 31.9 Å². The van der Waals surface area contributed by atoms with Gasteiger partial charge in [0, 0.05) is 19.1 Å². The van der Waals surface area contributed by atoms with Crippen molar-refractivity contribution in [3.63, 3.8) is 0 Å². The minimum absolute atomic E-state index is 0.119. The van der Waals surface area contributed by atoms with Crippen molar-refractivity contribution < 1.29 is 4.79 Å². The number of nitrogens with one attached hydrogen (secondary N) is 1. The minimum atomic E-state index is -0.597. The van der Waals surface area contributed by atoms with Crippen LogP contribution in [-0.4, -0.2) is 25.0 Å². The molecule has 4 heteroatoms. The summed E-state index contributed by atoms with van der Waals surface area (Å²) in [4.78, 5) is 14.5. The zero-order valence-electron chi connectivity index (χ0n) is 15.6. The number of hydrogen-bond acceptors (Lipinski definition) is 1. The topological polar surface area (TPSA) is 32.3 Å². The summed E-state index contributed by atoms with van der Waals surface area (Å²) in [6, 6.07) is 17.9. The Morgan fingerprint density at radius 2 is 1.52 bits per heavy atom. The number of amides is 2. The van der Waals surface area contributed by atoms with Crippen molar-refractivity contribution in [1.82, 2.24) is 10.2 Å². The summed E-state index contributed by atoms with van der Waals surface area (Å²) in [5.74, 6) is 0.543. The van der Waals surface area contributed by atoms with Crippen LogP contribution >= 0.6 is 11.6 Å². The molecule has 0 aliphatic heterocycles. The van der Waals surface area contributed by atoms with Crippen LogP contribution in [0.15, 0.2) is 54.6 Å². The summed E-state index contributed by atoms with van der Waals surface area (Å²) in [5.41, 5.74) is 1.54. The van der Waals surface area contributed by atoms with Crippen LogP contribution in [0.5, 0.6) is 0 Å². The van der Waals surface area contributed by atoms with Gasteiger partial charge in [-0.3, -0.25) is 0 Å². The van der Waals surface area contributed by atoms with Crippen LogP contribution in [0.4, 0.5) is 4.79 Å². The molecule has 0 aliphatic carbocycles. The highest BCUT2D eigenvalue weighted by Gasteiger charge is 2.46. The molecule has 134 valence electrons. The van der Waals surface area contributed by atoms with Crippen molar-refractivity contribution in [2.45, 2.75) is 26.3 Å². The van der Waals surface area contributed by atoms with E-state index in [9.17, 15) is 4.79 Å². The Bertz CT molecular complexity index is 700. The molecule has 0 saturated carbocycles. The second-order valence-corrected chi connectivity index (χ2v) is 7.22. The number of carbonyl (C=O) groups is 1. The molecule has 0 unspecified atom stereocenters. The minimum Gasteiger partial charge on any atom is -0.341 e. The van der Waals surface area contributed by atoms with E-state index in [1.807, 2.05) is 54.4 Å². The summed E-state index contributed by atoms with van der Waals surface area (Å²) in [5, 5.41) is 3.46. The maximum Gasteiger partial charge on any atom is 0.317 e. The molecule has 0 spiro atoms. The smallest absolute Gasteiger partial charge is 0.317 e. The maximum absolute atomic E-state index is 12.7. The molecule has 0 aliphatic rings. The largest absolute Gasteiger partial charge is 0.341 e. The van der Waals surface area contributed by atoms with Gasteiger partial charge >= 0.3 is 6.03 Å². The SMILES string of the molecule is CNC(=O)N(C)[C@@](c1ccccc1)(c1ccc(Cl)cc1)[C@@H](C)C(C)C. The first-order chi connectivity index (χ1) is 11.9. The van der Waals surface area contributed by atoms with Gasteiger partial charge in [0.05, 0.1) is 5.54 Å². The molecule has 0 saturated heterocycles. The summed E-state index contributed by atoms with van der Waals surface area (Å²) in [6.45, 7) is 6.58. The normalized spacial score (nSPS) is 14.7. The molecule has 0 bridgehead atoms. The van der Waals surface area contributed by atoms with Gasteiger partial charge in [-0.15, -0.1) is 0 Å². The third-order valence-corrected chi connectivity index (χ3v) is 5.46. The fraction of sp³-hybridized carbons (Fsp3) is 0.381. The van der Waals surface area contributed by atoms with Crippen molar-refractivity contribution in [2.75, 3.05) is 14.1 Å². The second-order valence-electron chi connectivity index (χ2n) is 6.79. The Hall–Kier alpha value is -2.00. The van der Waals surface area contributed by atoms with Crippen LogP contribution in [0.25, 0.3) is 0 Å². The quantitative estimate of drug-likeness (QED) is 0.787. The number of urea groups is 1. The van der Waals surface area contributed by atoms with Gasteiger partial charge in [0.2, 0.25) is 0 Å². The van der Waals surface area contributed by atoms with Crippen molar-refractivity contribution in [2.24, 2.45) is 11.8 Å². The standard InChI is InChI=1S/C21H27ClN2O/c1-15(2)16(3)21(24(5)20(25)23-4,17-9-7-6-8-10-17)18-11-13-19(22)14-12-18/h6-16H,1-5H3,(H,23,25)/t16-,21-/m0/s1. The van der Waals surface area contributed by atoms with Gasteiger partial charge in [-0.25, -0.2) is 4.79 Å². The first-order valence-corrected chi connectivity index (χ1v) is 9.00. The molecule has 0 fully saturated rings. The van der Waals surface area contributed by atoms with Crippen LogP contribution in [0, 0.1) is 11.8 Å². The fourth-order valence-electron chi connectivity index (χ4n) is 3.59. The molecule has 2 aromatic rings. The van der Waals surface area contributed by atoms with Crippen LogP contribution in [0.2, 0.25) is 5.02 Å². The zero-order valence-corrected chi connectivity index (χ0v) is 16.3. The monoisotopic (exact) mass is 358 g/mol. The van der Waals surface area contributed by atoms with E-state index in [2.05, 4.69) is 38.2 Å². The second kappa shape index (κ2) is 7.92. The molecule has 25 heavy (non-hydrogen) atoms. The molecule has 2 atom stereocenters. The number of benzene rings is 2. The summed E-state index contributed by atoms with van der Waals surface area (Å²) in [7, 11) is 3.52. The van der Waals surface area contributed by atoms with Crippen molar-refractivity contribution in [1.29, 1.82) is 0 Å². The van der Waals surface area contributed by atoms with E-state index < -0.39 is 5.54 Å². The van der Waals surface area contributed by atoms with Crippen LogP contribution < -0.4 is 5.32 Å². The van der Waals surface area contributed by atoms with Crippen LogP contribution in [-0.2, 0) is 5.54 Å². The molecule has 1 N–H and O–H groups in total. The van der Waals surface area contributed by atoms with Crippen LogP contribution in [0.3, 0.4) is 0 Å². The third-order valence-electron chi connectivity index (χ3n) is 5.20. The summed E-state index contributed by atoms with van der Waals surface area (Å²) >= 11 is 6.13. The molecule has 2 rings (SSSR count). The Labute approximate surface area is 156 Å². The number of nitrogens with zero attached hydrogens (tertiary/aromatic N) is 1. The lowest BCUT2D eigenvalue weighted by molar-refractivity contribution is 0.0964. The number of carbonyl (C=O) groups excluding carboxylic acids is 1. The highest BCUT2D eigenvalue weighted by Crippen LogP contribution is 2.45. The highest BCUT2D eigenvalue weighted by molar-refractivity contribution is 6.30. The lowest BCUT2D eigenvalue weighted by Gasteiger charge is -2.48. The average molecular weight is 359 g/mol. The molecule has 3 nitrogen and oxygen atoms in total. The molecule has 2 aromatic carbocycles.